The van der Waals surface area contributed by atoms with Gasteiger partial charge < -0.3 is 10.6 Å². The van der Waals surface area contributed by atoms with Gasteiger partial charge in [-0.2, -0.15) is 0 Å². The molecule has 0 aliphatic rings. The average molecular weight is 422 g/mol. The molecule has 3 rings (SSSR count). The summed E-state index contributed by atoms with van der Waals surface area (Å²) in [4.78, 5) is 42.2. The van der Waals surface area contributed by atoms with E-state index < -0.39 is 27.1 Å². The van der Waals surface area contributed by atoms with Gasteiger partial charge in [-0.1, -0.05) is 6.07 Å². The third-order valence-electron chi connectivity index (χ3n) is 4.37. The maximum Gasteiger partial charge on any atom is 0.279 e. The number of rotatable bonds is 6. The van der Waals surface area contributed by atoms with Crippen LogP contribution in [0.15, 0.2) is 42.5 Å². The first kappa shape index (κ1) is 21.3. The lowest BCUT2D eigenvalue weighted by Gasteiger charge is -2.10. The number of nitrogens with one attached hydrogen (secondary N) is 2. The summed E-state index contributed by atoms with van der Waals surface area (Å²) < 4.78 is 0. The molecule has 0 saturated heterocycles. The van der Waals surface area contributed by atoms with Gasteiger partial charge >= 0.3 is 0 Å². The van der Waals surface area contributed by atoms with Crippen molar-refractivity contribution in [1.29, 1.82) is 0 Å². The number of nitro benzene ring substituents is 2. The lowest BCUT2D eigenvalue weighted by atomic mass is 10.1. The summed E-state index contributed by atoms with van der Waals surface area (Å²) >= 11 is 0. The Morgan fingerprint density at radius 3 is 1.97 bits per heavy atom. The highest BCUT2D eigenvalue weighted by atomic mass is 16.6. The van der Waals surface area contributed by atoms with E-state index in [1.807, 2.05) is 19.9 Å². The van der Waals surface area contributed by atoms with E-state index in [-0.39, 0.29) is 11.1 Å². The predicted octanol–water partition coefficient (Wildman–Crippen LogP) is 4.21. The second-order valence-electron chi connectivity index (χ2n) is 6.79. The number of aromatic nitrogens is 2. The van der Waals surface area contributed by atoms with Crippen LogP contribution in [-0.4, -0.2) is 25.7 Å². The number of hydrogen-bond donors (Lipinski definition) is 2. The van der Waals surface area contributed by atoms with Gasteiger partial charge in [0.1, 0.15) is 5.56 Å². The standard InChI is InChI=1S/C20H18N6O5/c1-11-7-12(2)22-20(21-11)24-16-6-4-5-15(10-16)23-19(27)14-8-17(25(28)29)13(3)18(9-14)26(30)31/h4-10H,1-3H3,(H,23,27)(H,21,22,24). The van der Waals surface area contributed by atoms with E-state index in [0.717, 1.165) is 23.5 Å². The number of nitro groups is 2. The van der Waals surface area contributed by atoms with E-state index in [1.165, 1.54) is 6.92 Å². The summed E-state index contributed by atoms with van der Waals surface area (Å²) in [7, 11) is 0. The van der Waals surface area contributed by atoms with Crippen LogP contribution < -0.4 is 10.6 Å². The molecule has 11 heteroatoms. The van der Waals surface area contributed by atoms with Crippen molar-refractivity contribution in [3.8, 4) is 0 Å². The second-order valence-corrected chi connectivity index (χ2v) is 6.79. The van der Waals surface area contributed by atoms with Gasteiger partial charge in [0.2, 0.25) is 5.95 Å². The first-order chi connectivity index (χ1) is 14.6. The number of benzene rings is 2. The van der Waals surface area contributed by atoms with Gasteiger partial charge in [-0.15, -0.1) is 0 Å². The minimum absolute atomic E-state index is 0.119. The highest BCUT2D eigenvalue weighted by Gasteiger charge is 2.25. The fraction of sp³-hybridized carbons (Fsp3) is 0.150. The van der Waals surface area contributed by atoms with Crippen LogP contribution in [0.5, 0.6) is 0 Å². The quantitative estimate of drug-likeness (QED) is 0.442. The average Bonchev–Trinajstić information content (AvgIpc) is 2.67. The normalized spacial score (nSPS) is 10.4. The number of nitrogens with zero attached hydrogens (tertiary/aromatic N) is 4. The molecule has 0 radical (unpaired) electrons. The summed E-state index contributed by atoms with van der Waals surface area (Å²) in [5.41, 5.74) is 1.26. The Balaban J connectivity index is 1.86. The lowest BCUT2D eigenvalue weighted by molar-refractivity contribution is -0.395. The zero-order chi connectivity index (χ0) is 22.7. The van der Waals surface area contributed by atoms with Crippen molar-refractivity contribution in [3.63, 3.8) is 0 Å². The molecule has 0 aliphatic carbocycles. The molecular formula is C20H18N6O5. The third-order valence-corrected chi connectivity index (χ3v) is 4.37. The maximum atomic E-state index is 12.6. The number of carbonyl (C=O) groups is 1. The number of hydrogen-bond acceptors (Lipinski definition) is 8. The van der Waals surface area contributed by atoms with Crippen LogP contribution in [0.2, 0.25) is 0 Å². The van der Waals surface area contributed by atoms with Gasteiger partial charge in [0.25, 0.3) is 17.3 Å². The Morgan fingerprint density at radius 1 is 0.871 bits per heavy atom. The molecule has 2 aromatic carbocycles. The van der Waals surface area contributed by atoms with Gasteiger partial charge in [-0.3, -0.25) is 25.0 Å². The predicted molar refractivity (Wildman–Crippen MR) is 114 cm³/mol. The highest BCUT2D eigenvalue weighted by Crippen LogP contribution is 2.30. The molecule has 31 heavy (non-hydrogen) atoms. The minimum Gasteiger partial charge on any atom is -0.324 e. The van der Waals surface area contributed by atoms with Crippen LogP contribution in [0.4, 0.5) is 28.7 Å². The molecule has 0 atom stereocenters. The molecule has 0 bridgehead atoms. The second kappa shape index (κ2) is 8.53. The largest absolute Gasteiger partial charge is 0.324 e. The van der Waals surface area contributed by atoms with E-state index in [4.69, 9.17) is 0 Å². The van der Waals surface area contributed by atoms with E-state index in [1.54, 1.807) is 24.3 Å². The zero-order valence-electron chi connectivity index (χ0n) is 16.9. The maximum absolute atomic E-state index is 12.6. The van der Waals surface area contributed by atoms with E-state index >= 15 is 0 Å². The van der Waals surface area contributed by atoms with Crippen LogP contribution in [0.1, 0.15) is 27.3 Å². The first-order valence-corrected chi connectivity index (χ1v) is 9.08. The molecule has 1 aromatic heterocycles. The highest BCUT2D eigenvalue weighted by molar-refractivity contribution is 6.05. The van der Waals surface area contributed by atoms with Gasteiger partial charge in [0.15, 0.2) is 0 Å². The Kier molecular flexibility index (Phi) is 5.86. The van der Waals surface area contributed by atoms with Gasteiger partial charge in [-0.25, -0.2) is 9.97 Å². The summed E-state index contributed by atoms with van der Waals surface area (Å²) in [5.74, 6) is -0.322. The van der Waals surface area contributed by atoms with E-state index in [0.29, 0.717) is 17.3 Å². The van der Waals surface area contributed by atoms with Crippen LogP contribution in [-0.2, 0) is 0 Å². The third kappa shape index (κ3) is 4.96. The molecule has 158 valence electrons. The fourth-order valence-electron chi connectivity index (χ4n) is 2.98. The monoisotopic (exact) mass is 422 g/mol. The van der Waals surface area contributed by atoms with Crippen molar-refractivity contribution in [2.24, 2.45) is 0 Å². The lowest BCUT2D eigenvalue weighted by Crippen LogP contribution is -2.13. The van der Waals surface area contributed by atoms with Crippen molar-refractivity contribution in [2.45, 2.75) is 20.8 Å². The van der Waals surface area contributed by atoms with Crippen molar-refractivity contribution in [2.75, 3.05) is 10.6 Å². The molecule has 0 unspecified atom stereocenters. The van der Waals surface area contributed by atoms with Crippen LogP contribution in [0.3, 0.4) is 0 Å². The van der Waals surface area contributed by atoms with Crippen LogP contribution in [0, 0.1) is 41.0 Å². The Hall–Kier alpha value is -4.41. The molecule has 0 aliphatic heterocycles. The molecule has 2 N–H and O–H groups in total. The summed E-state index contributed by atoms with van der Waals surface area (Å²) in [6.45, 7) is 4.95. The Labute approximate surface area is 176 Å². The van der Waals surface area contributed by atoms with Crippen LogP contribution >= 0.6 is 0 Å². The van der Waals surface area contributed by atoms with E-state index in [9.17, 15) is 25.0 Å². The van der Waals surface area contributed by atoms with E-state index in [2.05, 4.69) is 20.6 Å². The topological polar surface area (TPSA) is 153 Å². The molecule has 1 heterocycles. The SMILES string of the molecule is Cc1cc(C)nc(Nc2cccc(NC(=O)c3cc([N+](=O)[O-])c(C)c([N+](=O)[O-])c3)c2)n1. The Bertz CT molecular complexity index is 1160. The number of carbonyl (C=O) groups excluding carboxylic acids is 1. The summed E-state index contributed by atoms with van der Waals surface area (Å²) in [6.07, 6.45) is 0. The molecular weight excluding hydrogens is 404 g/mol. The van der Waals surface area contributed by atoms with Gasteiger partial charge in [0.05, 0.1) is 15.4 Å². The molecule has 0 saturated carbocycles. The summed E-state index contributed by atoms with van der Waals surface area (Å²) in [6, 6.07) is 10.5. The van der Waals surface area contributed by atoms with Crippen molar-refractivity contribution >= 4 is 34.6 Å². The number of anilines is 3. The zero-order valence-corrected chi connectivity index (χ0v) is 16.9. The fourth-order valence-corrected chi connectivity index (χ4v) is 2.98. The minimum atomic E-state index is -0.756. The van der Waals surface area contributed by atoms with Crippen molar-refractivity contribution in [3.05, 3.63) is 85.2 Å². The van der Waals surface area contributed by atoms with Crippen molar-refractivity contribution in [1.82, 2.24) is 9.97 Å². The molecule has 0 spiro atoms. The number of aryl methyl sites for hydroxylation is 2. The Morgan fingerprint density at radius 2 is 1.42 bits per heavy atom. The first-order valence-electron chi connectivity index (χ1n) is 9.08. The molecule has 0 fully saturated rings. The number of amides is 1. The van der Waals surface area contributed by atoms with Crippen LogP contribution in [0.25, 0.3) is 0 Å². The summed E-state index contributed by atoms with van der Waals surface area (Å²) in [5, 5.41) is 28.1. The molecule has 1 amide bonds. The smallest absolute Gasteiger partial charge is 0.279 e. The molecule has 11 nitrogen and oxygen atoms in total. The van der Waals surface area contributed by atoms with Gasteiger partial charge in [0, 0.05) is 34.9 Å². The van der Waals surface area contributed by atoms with Gasteiger partial charge in [-0.05, 0) is 45.0 Å². The van der Waals surface area contributed by atoms with Crippen molar-refractivity contribution < 1.29 is 14.6 Å². The molecule has 3 aromatic rings.